The van der Waals surface area contributed by atoms with Crippen molar-refractivity contribution in [3.63, 3.8) is 0 Å². The predicted octanol–water partition coefficient (Wildman–Crippen LogP) is 1.94. The number of aromatic nitrogens is 1. The Hall–Kier alpha value is -1.29. The summed E-state index contributed by atoms with van der Waals surface area (Å²) in [4.78, 5) is 12.5. The Morgan fingerprint density at radius 2 is 2.05 bits per heavy atom. The lowest BCUT2D eigenvalue weighted by atomic mass is 9.79. The molecule has 4 nitrogen and oxygen atoms in total. The summed E-state index contributed by atoms with van der Waals surface area (Å²) in [7, 11) is 1.98. The number of aryl methyl sites for hydroxylation is 1. The van der Waals surface area contributed by atoms with E-state index in [2.05, 4.69) is 5.32 Å². The Labute approximate surface area is 115 Å². The standard InChI is InChI=1S/C15H25N3O/c1-18-9-6-13(11-18)10-17-14(19)15(12-16)7-4-2-3-5-8-15/h6,9,11H,2-5,7-8,10,12,16H2,1H3,(H,17,19). The maximum atomic E-state index is 12.5. The molecule has 1 amide bonds. The summed E-state index contributed by atoms with van der Waals surface area (Å²) in [6.45, 7) is 1.06. The molecular weight excluding hydrogens is 238 g/mol. The topological polar surface area (TPSA) is 60.0 Å². The highest BCUT2D eigenvalue weighted by molar-refractivity contribution is 5.82. The molecule has 0 atom stereocenters. The van der Waals surface area contributed by atoms with Crippen LogP contribution in [-0.2, 0) is 18.4 Å². The van der Waals surface area contributed by atoms with Gasteiger partial charge in [0.25, 0.3) is 0 Å². The fourth-order valence-electron chi connectivity index (χ4n) is 2.96. The second kappa shape index (κ2) is 6.24. The summed E-state index contributed by atoms with van der Waals surface area (Å²) in [6.07, 6.45) is 10.6. The lowest BCUT2D eigenvalue weighted by molar-refractivity contribution is -0.131. The van der Waals surface area contributed by atoms with Gasteiger partial charge in [0.05, 0.1) is 5.41 Å². The van der Waals surface area contributed by atoms with E-state index < -0.39 is 0 Å². The summed E-state index contributed by atoms with van der Waals surface area (Å²) in [5.74, 6) is 0.140. The first-order valence-corrected chi connectivity index (χ1v) is 7.25. The van der Waals surface area contributed by atoms with E-state index in [1.807, 2.05) is 30.1 Å². The van der Waals surface area contributed by atoms with E-state index in [1.54, 1.807) is 0 Å². The van der Waals surface area contributed by atoms with Crippen LogP contribution < -0.4 is 11.1 Å². The highest BCUT2D eigenvalue weighted by atomic mass is 16.2. The van der Waals surface area contributed by atoms with Gasteiger partial charge in [-0.15, -0.1) is 0 Å². The van der Waals surface area contributed by atoms with Crippen LogP contribution in [0.25, 0.3) is 0 Å². The molecule has 1 fully saturated rings. The van der Waals surface area contributed by atoms with Crippen molar-refractivity contribution in [1.29, 1.82) is 0 Å². The minimum atomic E-state index is -0.328. The molecule has 19 heavy (non-hydrogen) atoms. The quantitative estimate of drug-likeness (QED) is 0.816. The van der Waals surface area contributed by atoms with Crippen molar-refractivity contribution in [2.24, 2.45) is 18.2 Å². The molecule has 1 aliphatic rings. The average molecular weight is 263 g/mol. The molecule has 4 heteroatoms. The van der Waals surface area contributed by atoms with Gasteiger partial charge in [-0.05, 0) is 24.5 Å². The smallest absolute Gasteiger partial charge is 0.227 e. The maximum Gasteiger partial charge on any atom is 0.227 e. The lowest BCUT2D eigenvalue weighted by Gasteiger charge is -2.29. The van der Waals surface area contributed by atoms with Crippen molar-refractivity contribution in [2.75, 3.05) is 6.54 Å². The number of nitrogens with one attached hydrogen (secondary N) is 1. The maximum absolute atomic E-state index is 12.5. The van der Waals surface area contributed by atoms with Gasteiger partial charge in [0.2, 0.25) is 5.91 Å². The number of nitrogens with zero attached hydrogens (tertiary/aromatic N) is 1. The van der Waals surface area contributed by atoms with Gasteiger partial charge in [-0.2, -0.15) is 0 Å². The number of carbonyl (C=O) groups is 1. The molecule has 0 spiro atoms. The summed E-state index contributed by atoms with van der Waals surface area (Å²) in [5.41, 5.74) is 6.72. The van der Waals surface area contributed by atoms with Crippen molar-refractivity contribution in [3.8, 4) is 0 Å². The molecule has 1 aliphatic carbocycles. The molecule has 3 N–H and O–H groups in total. The molecule has 0 aliphatic heterocycles. The Morgan fingerprint density at radius 3 is 2.58 bits per heavy atom. The van der Waals surface area contributed by atoms with Crippen LogP contribution in [0.15, 0.2) is 18.5 Å². The number of amides is 1. The highest BCUT2D eigenvalue weighted by Gasteiger charge is 2.36. The molecule has 0 aromatic carbocycles. The monoisotopic (exact) mass is 263 g/mol. The average Bonchev–Trinajstić information content (AvgIpc) is 2.69. The van der Waals surface area contributed by atoms with Crippen LogP contribution >= 0.6 is 0 Å². The first-order valence-electron chi connectivity index (χ1n) is 7.25. The van der Waals surface area contributed by atoms with E-state index in [1.165, 1.54) is 12.8 Å². The minimum absolute atomic E-state index is 0.140. The Kier molecular flexibility index (Phi) is 4.64. The van der Waals surface area contributed by atoms with Crippen LogP contribution in [0.3, 0.4) is 0 Å². The van der Waals surface area contributed by atoms with Crippen LogP contribution in [-0.4, -0.2) is 17.0 Å². The third-order valence-corrected chi connectivity index (χ3v) is 4.28. The molecule has 0 radical (unpaired) electrons. The third-order valence-electron chi connectivity index (χ3n) is 4.28. The van der Waals surface area contributed by atoms with Gasteiger partial charge >= 0.3 is 0 Å². The van der Waals surface area contributed by atoms with E-state index in [0.717, 1.165) is 31.2 Å². The summed E-state index contributed by atoms with van der Waals surface area (Å²) in [6, 6.07) is 2.03. The van der Waals surface area contributed by atoms with Crippen LogP contribution in [0.4, 0.5) is 0 Å². The van der Waals surface area contributed by atoms with E-state index in [-0.39, 0.29) is 11.3 Å². The largest absolute Gasteiger partial charge is 0.357 e. The van der Waals surface area contributed by atoms with Crippen molar-refractivity contribution in [2.45, 2.75) is 45.1 Å². The van der Waals surface area contributed by atoms with Gasteiger partial charge in [-0.3, -0.25) is 4.79 Å². The molecule has 1 aromatic heterocycles. The van der Waals surface area contributed by atoms with Gasteiger partial charge in [0.15, 0.2) is 0 Å². The van der Waals surface area contributed by atoms with E-state index in [9.17, 15) is 4.79 Å². The molecule has 0 unspecified atom stereocenters. The van der Waals surface area contributed by atoms with Crippen LogP contribution in [0, 0.1) is 5.41 Å². The fraction of sp³-hybridized carbons (Fsp3) is 0.667. The fourth-order valence-corrected chi connectivity index (χ4v) is 2.96. The Morgan fingerprint density at radius 1 is 1.37 bits per heavy atom. The number of rotatable bonds is 4. The van der Waals surface area contributed by atoms with Gasteiger partial charge in [0.1, 0.15) is 0 Å². The molecule has 0 saturated heterocycles. The molecule has 2 rings (SSSR count). The first-order chi connectivity index (χ1) is 9.16. The van der Waals surface area contributed by atoms with Crippen molar-refractivity contribution in [3.05, 3.63) is 24.0 Å². The lowest BCUT2D eigenvalue weighted by Crippen LogP contribution is -2.45. The van der Waals surface area contributed by atoms with Gasteiger partial charge < -0.3 is 15.6 Å². The van der Waals surface area contributed by atoms with Crippen molar-refractivity contribution in [1.82, 2.24) is 9.88 Å². The zero-order valence-corrected chi connectivity index (χ0v) is 11.8. The molecule has 106 valence electrons. The van der Waals surface area contributed by atoms with Gasteiger partial charge in [-0.1, -0.05) is 25.7 Å². The molecule has 1 heterocycles. The van der Waals surface area contributed by atoms with Crippen LogP contribution in [0.5, 0.6) is 0 Å². The summed E-state index contributed by atoms with van der Waals surface area (Å²) >= 11 is 0. The second-order valence-electron chi connectivity index (χ2n) is 5.77. The minimum Gasteiger partial charge on any atom is -0.357 e. The third kappa shape index (κ3) is 3.38. The van der Waals surface area contributed by atoms with Gasteiger partial charge in [-0.25, -0.2) is 0 Å². The highest BCUT2D eigenvalue weighted by Crippen LogP contribution is 2.34. The van der Waals surface area contributed by atoms with E-state index >= 15 is 0 Å². The second-order valence-corrected chi connectivity index (χ2v) is 5.77. The molecule has 1 saturated carbocycles. The van der Waals surface area contributed by atoms with E-state index in [0.29, 0.717) is 13.1 Å². The molecule has 0 bridgehead atoms. The summed E-state index contributed by atoms with van der Waals surface area (Å²) in [5, 5.41) is 3.07. The zero-order valence-electron chi connectivity index (χ0n) is 11.8. The first kappa shape index (κ1) is 14.1. The SMILES string of the molecule is Cn1ccc(CNC(=O)C2(CN)CCCCCC2)c1. The van der Waals surface area contributed by atoms with Crippen molar-refractivity contribution < 1.29 is 4.79 Å². The van der Waals surface area contributed by atoms with Crippen LogP contribution in [0.1, 0.15) is 44.1 Å². The van der Waals surface area contributed by atoms with Crippen molar-refractivity contribution >= 4 is 5.91 Å². The number of hydrogen-bond donors (Lipinski definition) is 2. The molecule has 1 aromatic rings. The number of nitrogens with two attached hydrogens (primary N) is 1. The normalized spacial score (nSPS) is 18.8. The zero-order chi connectivity index (χ0) is 13.7. The number of carbonyl (C=O) groups excluding carboxylic acids is 1. The Balaban J connectivity index is 1.96. The Bertz CT molecular complexity index is 417. The predicted molar refractivity (Wildman–Crippen MR) is 76.4 cm³/mol. The number of hydrogen-bond acceptors (Lipinski definition) is 2. The van der Waals surface area contributed by atoms with Gasteiger partial charge in [0, 0.05) is 32.5 Å². The molecular formula is C15H25N3O. The summed E-state index contributed by atoms with van der Waals surface area (Å²) < 4.78 is 1.99. The van der Waals surface area contributed by atoms with E-state index in [4.69, 9.17) is 5.73 Å². The van der Waals surface area contributed by atoms with Crippen LogP contribution in [0.2, 0.25) is 0 Å².